The Bertz CT molecular complexity index is 387. The summed E-state index contributed by atoms with van der Waals surface area (Å²) in [4.78, 5) is 14.0. The molecule has 1 amide bonds. The lowest BCUT2D eigenvalue weighted by atomic mass is 9.63. The molecule has 21 heavy (non-hydrogen) atoms. The highest BCUT2D eigenvalue weighted by Gasteiger charge is 2.44. The Hall–Kier alpha value is -0.770. The van der Waals surface area contributed by atoms with Gasteiger partial charge in [-0.05, 0) is 71.1 Å². The quantitative estimate of drug-likeness (QED) is 0.805. The maximum Gasteiger partial charge on any atom is 0.410 e. The van der Waals surface area contributed by atoms with Crippen molar-refractivity contribution in [3.8, 4) is 0 Å². The summed E-state index contributed by atoms with van der Waals surface area (Å²) in [6.45, 7) is 11.6. The monoisotopic (exact) mass is 297 g/mol. The minimum Gasteiger partial charge on any atom is -0.444 e. The first-order valence-electron chi connectivity index (χ1n) is 8.21. The standard InChI is InChI=1S/C17H31NO3/c1-15(2,3)21-14(19)18-11-6-13(12-18)16(4)7-9-17(5,20)10-8-16/h13,20H,6-12H2,1-5H3. The van der Waals surface area contributed by atoms with E-state index in [1.54, 1.807) is 0 Å². The lowest BCUT2D eigenvalue weighted by Gasteiger charge is -2.44. The Kier molecular flexibility index (Phi) is 4.31. The van der Waals surface area contributed by atoms with Gasteiger partial charge in [-0.1, -0.05) is 6.92 Å². The summed E-state index contributed by atoms with van der Waals surface area (Å²) in [6.07, 6.45) is 4.70. The number of aliphatic hydroxyl groups is 1. The van der Waals surface area contributed by atoms with E-state index < -0.39 is 11.2 Å². The zero-order valence-electron chi connectivity index (χ0n) is 14.2. The molecule has 1 unspecified atom stereocenters. The number of carbonyl (C=O) groups is 1. The van der Waals surface area contributed by atoms with Crippen LogP contribution in [0.2, 0.25) is 0 Å². The maximum absolute atomic E-state index is 12.2. The van der Waals surface area contributed by atoms with Crippen LogP contribution in [-0.4, -0.2) is 40.4 Å². The third-order valence-corrected chi connectivity index (χ3v) is 5.29. The second-order valence-corrected chi connectivity index (χ2v) is 8.56. The first-order chi connectivity index (χ1) is 9.51. The van der Waals surface area contributed by atoms with E-state index in [2.05, 4.69) is 6.92 Å². The zero-order valence-corrected chi connectivity index (χ0v) is 14.2. The topological polar surface area (TPSA) is 49.8 Å². The molecule has 2 aliphatic rings. The average molecular weight is 297 g/mol. The lowest BCUT2D eigenvalue weighted by molar-refractivity contribution is -0.0319. The molecular formula is C17H31NO3. The molecule has 1 saturated heterocycles. The number of nitrogens with zero attached hydrogens (tertiary/aromatic N) is 1. The molecule has 1 aliphatic carbocycles. The summed E-state index contributed by atoms with van der Waals surface area (Å²) in [5, 5.41) is 10.1. The predicted octanol–water partition coefficient (Wildman–Crippen LogP) is 3.57. The fourth-order valence-corrected chi connectivity index (χ4v) is 3.59. The summed E-state index contributed by atoms with van der Waals surface area (Å²) in [5.74, 6) is 0.529. The van der Waals surface area contributed by atoms with Gasteiger partial charge in [0.25, 0.3) is 0 Å². The van der Waals surface area contributed by atoms with Crippen molar-refractivity contribution in [2.24, 2.45) is 11.3 Å². The second-order valence-electron chi connectivity index (χ2n) is 8.56. The predicted molar refractivity (Wildman–Crippen MR) is 83.1 cm³/mol. The fourth-order valence-electron chi connectivity index (χ4n) is 3.59. The van der Waals surface area contributed by atoms with Crippen LogP contribution in [0.25, 0.3) is 0 Å². The molecule has 2 rings (SSSR count). The molecule has 1 atom stereocenters. The minimum absolute atomic E-state index is 0.184. The van der Waals surface area contributed by atoms with Crippen molar-refractivity contribution in [2.75, 3.05) is 13.1 Å². The largest absolute Gasteiger partial charge is 0.444 e. The Morgan fingerprint density at radius 2 is 1.76 bits per heavy atom. The van der Waals surface area contributed by atoms with E-state index in [0.717, 1.165) is 45.2 Å². The highest BCUT2D eigenvalue weighted by Crippen LogP contribution is 2.48. The molecule has 4 heteroatoms. The smallest absolute Gasteiger partial charge is 0.410 e. The van der Waals surface area contributed by atoms with E-state index in [4.69, 9.17) is 4.74 Å². The van der Waals surface area contributed by atoms with Gasteiger partial charge in [-0.3, -0.25) is 0 Å². The van der Waals surface area contributed by atoms with Crippen molar-refractivity contribution in [2.45, 2.75) is 77.9 Å². The van der Waals surface area contributed by atoms with Crippen molar-refractivity contribution in [1.29, 1.82) is 0 Å². The van der Waals surface area contributed by atoms with Crippen LogP contribution in [0.3, 0.4) is 0 Å². The molecule has 1 heterocycles. The van der Waals surface area contributed by atoms with Gasteiger partial charge in [-0.25, -0.2) is 4.79 Å². The molecule has 0 bridgehead atoms. The van der Waals surface area contributed by atoms with Crippen molar-refractivity contribution in [3.63, 3.8) is 0 Å². The van der Waals surface area contributed by atoms with Gasteiger partial charge >= 0.3 is 6.09 Å². The molecule has 1 aliphatic heterocycles. The van der Waals surface area contributed by atoms with Crippen LogP contribution < -0.4 is 0 Å². The maximum atomic E-state index is 12.2. The van der Waals surface area contributed by atoms with Gasteiger partial charge in [0.05, 0.1) is 5.60 Å². The number of likely N-dealkylation sites (tertiary alicyclic amines) is 1. The zero-order chi connectivity index (χ0) is 15.9. The van der Waals surface area contributed by atoms with Gasteiger partial charge in [0.1, 0.15) is 5.60 Å². The van der Waals surface area contributed by atoms with Crippen LogP contribution in [0.1, 0.15) is 66.7 Å². The van der Waals surface area contributed by atoms with E-state index in [1.807, 2.05) is 32.6 Å². The summed E-state index contributed by atoms with van der Waals surface area (Å²) in [5.41, 5.74) is -0.676. The molecule has 1 saturated carbocycles. The molecule has 1 N–H and O–H groups in total. The number of rotatable bonds is 1. The third-order valence-electron chi connectivity index (χ3n) is 5.29. The first-order valence-corrected chi connectivity index (χ1v) is 8.21. The van der Waals surface area contributed by atoms with Crippen LogP contribution in [0.15, 0.2) is 0 Å². The Morgan fingerprint density at radius 3 is 2.29 bits per heavy atom. The van der Waals surface area contributed by atoms with Crippen LogP contribution in [0.5, 0.6) is 0 Å². The van der Waals surface area contributed by atoms with Crippen molar-refractivity contribution in [1.82, 2.24) is 4.90 Å². The summed E-state index contributed by atoms with van der Waals surface area (Å²) in [7, 11) is 0. The molecule has 2 fully saturated rings. The third kappa shape index (κ3) is 4.12. The minimum atomic E-state index is -0.497. The lowest BCUT2D eigenvalue weighted by Crippen LogP contribution is -2.41. The highest BCUT2D eigenvalue weighted by molar-refractivity contribution is 5.68. The van der Waals surface area contributed by atoms with Crippen molar-refractivity contribution < 1.29 is 14.6 Å². The molecular weight excluding hydrogens is 266 g/mol. The average Bonchev–Trinajstić information content (AvgIpc) is 2.81. The van der Waals surface area contributed by atoms with E-state index in [0.29, 0.717) is 5.92 Å². The van der Waals surface area contributed by atoms with Gasteiger partial charge in [0, 0.05) is 13.1 Å². The molecule has 0 aromatic carbocycles. The first kappa shape index (κ1) is 16.6. The van der Waals surface area contributed by atoms with Crippen LogP contribution >= 0.6 is 0 Å². The Labute approximate surface area is 128 Å². The van der Waals surface area contributed by atoms with E-state index in [9.17, 15) is 9.90 Å². The molecule has 4 nitrogen and oxygen atoms in total. The van der Waals surface area contributed by atoms with E-state index >= 15 is 0 Å². The summed E-state index contributed by atoms with van der Waals surface area (Å²) >= 11 is 0. The molecule has 122 valence electrons. The summed E-state index contributed by atoms with van der Waals surface area (Å²) in [6, 6.07) is 0. The molecule has 0 radical (unpaired) electrons. The van der Waals surface area contributed by atoms with Crippen LogP contribution in [0.4, 0.5) is 4.79 Å². The van der Waals surface area contributed by atoms with Crippen molar-refractivity contribution >= 4 is 6.09 Å². The highest BCUT2D eigenvalue weighted by atomic mass is 16.6. The number of carbonyl (C=O) groups excluding carboxylic acids is 1. The van der Waals surface area contributed by atoms with Crippen molar-refractivity contribution in [3.05, 3.63) is 0 Å². The Morgan fingerprint density at radius 1 is 1.19 bits per heavy atom. The van der Waals surface area contributed by atoms with Crippen LogP contribution in [-0.2, 0) is 4.74 Å². The van der Waals surface area contributed by atoms with E-state index in [1.165, 1.54) is 0 Å². The second kappa shape index (κ2) is 5.45. The van der Waals surface area contributed by atoms with Gasteiger partial charge in [-0.15, -0.1) is 0 Å². The van der Waals surface area contributed by atoms with Gasteiger partial charge in [-0.2, -0.15) is 0 Å². The number of amides is 1. The van der Waals surface area contributed by atoms with Crippen LogP contribution in [0, 0.1) is 11.3 Å². The van der Waals surface area contributed by atoms with Gasteiger partial charge in [0.15, 0.2) is 0 Å². The number of hydrogen-bond acceptors (Lipinski definition) is 3. The van der Waals surface area contributed by atoms with E-state index in [-0.39, 0.29) is 11.5 Å². The normalized spacial score (nSPS) is 37.6. The van der Waals surface area contributed by atoms with Gasteiger partial charge < -0.3 is 14.7 Å². The van der Waals surface area contributed by atoms with Gasteiger partial charge in [0.2, 0.25) is 0 Å². The molecule has 0 aromatic rings. The SMILES string of the molecule is CC1(O)CCC(C)(C2CCN(C(=O)OC(C)(C)C)C2)CC1. The number of hydrogen-bond donors (Lipinski definition) is 1. The number of ether oxygens (including phenoxy) is 1. The molecule has 0 spiro atoms. The summed E-state index contributed by atoms with van der Waals surface area (Å²) < 4.78 is 5.47. The Balaban J connectivity index is 1.92. The molecule has 0 aromatic heterocycles. The fraction of sp³-hybridized carbons (Fsp3) is 0.941.